The number of halogens is 2. The van der Waals surface area contributed by atoms with E-state index in [1.807, 2.05) is 0 Å². The third kappa shape index (κ3) is 4.08. The van der Waals surface area contributed by atoms with Gasteiger partial charge in [-0.25, -0.2) is 0 Å². The Morgan fingerprint density at radius 2 is 1.66 bits per heavy atom. The standard InChI is InChI=1S/C27H28Br2/c28-21-11-13-24-25-14-12-22(29)17-27(25)23(26(24)16-21)6-4-2-1-3-5-18-7-8-19-9-10-20(19)15-18/h7-8,11,13,15-17,23H,1-6,9-10,12,14H2. The van der Waals surface area contributed by atoms with Gasteiger partial charge in [0.1, 0.15) is 0 Å². The number of rotatable bonds is 7. The van der Waals surface area contributed by atoms with Crippen LogP contribution in [0.25, 0.3) is 5.57 Å². The van der Waals surface area contributed by atoms with Crippen molar-refractivity contribution in [2.24, 2.45) is 0 Å². The van der Waals surface area contributed by atoms with Crippen LogP contribution in [0, 0.1) is 0 Å². The molecule has 0 saturated heterocycles. The van der Waals surface area contributed by atoms with Crippen molar-refractivity contribution >= 4 is 37.4 Å². The summed E-state index contributed by atoms with van der Waals surface area (Å²) in [5, 5.41) is 0. The smallest absolute Gasteiger partial charge is 0.0178 e. The first-order valence-corrected chi connectivity index (χ1v) is 12.8. The highest BCUT2D eigenvalue weighted by atomic mass is 79.9. The lowest BCUT2D eigenvalue weighted by Gasteiger charge is -2.19. The van der Waals surface area contributed by atoms with Crippen LogP contribution < -0.4 is 0 Å². The highest BCUT2D eigenvalue weighted by Crippen LogP contribution is 2.50. The van der Waals surface area contributed by atoms with Gasteiger partial charge in [0.2, 0.25) is 0 Å². The van der Waals surface area contributed by atoms with Gasteiger partial charge in [-0.3, -0.25) is 0 Å². The Morgan fingerprint density at radius 1 is 0.793 bits per heavy atom. The fourth-order valence-corrected chi connectivity index (χ4v) is 6.15. The number of hydrogen-bond acceptors (Lipinski definition) is 0. The molecule has 29 heavy (non-hydrogen) atoms. The number of benzene rings is 2. The Kier molecular flexibility index (Phi) is 5.85. The van der Waals surface area contributed by atoms with Crippen molar-refractivity contribution < 1.29 is 0 Å². The van der Waals surface area contributed by atoms with Crippen LogP contribution in [0.3, 0.4) is 0 Å². The molecule has 3 aliphatic carbocycles. The van der Waals surface area contributed by atoms with E-state index in [-0.39, 0.29) is 0 Å². The molecule has 0 radical (unpaired) electrons. The average Bonchev–Trinajstić information content (AvgIpc) is 2.98. The summed E-state index contributed by atoms with van der Waals surface area (Å²) in [6.07, 6.45) is 15.2. The topological polar surface area (TPSA) is 0 Å². The third-order valence-electron chi connectivity index (χ3n) is 7.01. The van der Waals surface area contributed by atoms with E-state index < -0.39 is 0 Å². The van der Waals surface area contributed by atoms with Crippen LogP contribution in [0.5, 0.6) is 0 Å². The lowest BCUT2D eigenvalue weighted by atomic mass is 9.86. The van der Waals surface area contributed by atoms with Gasteiger partial charge in [0.05, 0.1) is 0 Å². The zero-order valence-electron chi connectivity index (χ0n) is 16.9. The van der Waals surface area contributed by atoms with Crippen LogP contribution in [0.15, 0.2) is 57.0 Å². The van der Waals surface area contributed by atoms with Gasteiger partial charge < -0.3 is 0 Å². The summed E-state index contributed by atoms with van der Waals surface area (Å²) in [7, 11) is 0. The predicted molar refractivity (Wildman–Crippen MR) is 131 cm³/mol. The van der Waals surface area contributed by atoms with E-state index in [2.05, 4.69) is 74.3 Å². The number of aryl methyl sites for hydroxylation is 3. The summed E-state index contributed by atoms with van der Waals surface area (Å²) in [6.45, 7) is 0. The Hall–Kier alpha value is -1.12. The van der Waals surface area contributed by atoms with Gasteiger partial charge >= 0.3 is 0 Å². The monoisotopic (exact) mass is 510 g/mol. The maximum Gasteiger partial charge on any atom is 0.0178 e. The molecule has 0 spiro atoms. The van der Waals surface area contributed by atoms with Crippen molar-refractivity contribution in [3.63, 3.8) is 0 Å². The third-order valence-corrected chi connectivity index (χ3v) is 8.13. The van der Waals surface area contributed by atoms with E-state index >= 15 is 0 Å². The van der Waals surface area contributed by atoms with Gasteiger partial charge in [-0.1, -0.05) is 75.4 Å². The van der Waals surface area contributed by atoms with Gasteiger partial charge in [-0.05, 0) is 107 Å². The van der Waals surface area contributed by atoms with Crippen molar-refractivity contribution in [1.82, 2.24) is 0 Å². The lowest BCUT2D eigenvalue weighted by molar-refractivity contribution is 0.586. The molecule has 150 valence electrons. The van der Waals surface area contributed by atoms with Crippen LogP contribution in [0.4, 0.5) is 0 Å². The van der Waals surface area contributed by atoms with E-state index in [1.54, 1.807) is 33.4 Å². The van der Waals surface area contributed by atoms with Crippen LogP contribution in [-0.2, 0) is 19.3 Å². The fraction of sp³-hybridized carbons (Fsp3) is 0.407. The van der Waals surface area contributed by atoms with E-state index in [0.717, 1.165) is 6.42 Å². The maximum absolute atomic E-state index is 3.77. The van der Waals surface area contributed by atoms with Gasteiger partial charge in [0, 0.05) is 10.4 Å². The van der Waals surface area contributed by atoms with Gasteiger partial charge in [-0.15, -0.1) is 0 Å². The molecule has 0 aliphatic heterocycles. The summed E-state index contributed by atoms with van der Waals surface area (Å²) in [5.41, 5.74) is 11.0. The molecule has 1 unspecified atom stereocenters. The highest BCUT2D eigenvalue weighted by molar-refractivity contribution is 9.11. The number of fused-ring (bicyclic) bond motifs is 3. The average molecular weight is 512 g/mol. The Labute approximate surface area is 191 Å². The molecule has 0 saturated carbocycles. The largest absolute Gasteiger partial charge is 0.0588 e. The first-order chi connectivity index (χ1) is 14.2. The Bertz CT molecular complexity index is 996. The van der Waals surface area contributed by atoms with Crippen LogP contribution >= 0.6 is 31.9 Å². The molecule has 2 heteroatoms. The van der Waals surface area contributed by atoms with Crippen molar-refractivity contribution in [2.45, 2.75) is 70.1 Å². The molecule has 3 aliphatic rings. The van der Waals surface area contributed by atoms with E-state index in [4.69, 9.17) is 0 Å². The lowest BCUT2D eigenvalue weighted by Crippen LogP contribution is -2.08. The first kappa shape index (κ1) is 19.8. The van der Waals surface area contributed by atoms with Gasteiger partial charge in [0.15, 0.2) is 0 Å². The summed E-state index contributed by atoms with van der Waals surface area (Å²) in [4.78, 5) is 0. The molecule has 0 amide bonds. The molecular formula is C27H28Br2. The Balaban J connectivity index is 1.16. The second kappa shape index (κ2) is 8.55. The minimum Gasteiger partial charge on any atom is -0.0588 e. The van der Waals surface area contributed by atoms with Crippen LogP contribution in [-0.4, -0.2) is 0 Å². The highest BCUT2D eigenvalue weighted by Gasteiger charge is 2.31. The molecule has 0 bridgehead atoms. The fourth-order valence-electron chi connectivity index (χ4n) is 5.33. The number of unbranched alkanes of at least 4 members (excludes halogenated alkanes) is 3. The maximum atomic E-state index is 3.77. The van der Waals surface area contributed by atoms with Crippen molar-refractivity contribution in [1.29, 1.82) is 0 Å². The van der Waals surface area contributed by atoms with Gasteiger partial charge in [0.25, 0.3) is 0 Å². The number of allylic oxidation sites excluding steroid dienone is 4. The quantitative estimate of drug-likeness (QED) is 0.326. The zero-order valence-corrected chi connectivity index (χ0v) is 20.1. The van der Waals surface area contributed by atoms with Crippen LogP contribution in [0.1, 0.15) is 78.7 Å². The molecule has 0 heterocycles. The van der Waals surface area contributed by atoms with Crippen LogP contribution in [0.2, 0.25) is 0 Å². The second-order valence-electron chi connectivity index (χ2n) is 8.87. The number of hydrogen-bond donors (Lipinski definition) is 0. The first-order valence-electron chi connectivity index (χ1n) is 11.2. The Morgan fingerprint density at radius 3 is 2.48 bits per heavy atom. The van der Waals surface area contributed by atoms with Gasteiger partial charge in [-0.2, -0.15) is 0 Å². The summed E-state index contributed by atoms with van der Waals surface area (Å²) in [6, 6.07) is 14.1. The van der Waals surface area contributed by atoms with Crippen molar-refractivity contribution in [3.8, 4) is 0 Å². The predicted octanol–water partition coefficient (Wildman–Crippen LogP) is 8.66. The minimum absolute atomic E-state index is 0.582. The summed E-state index contributed by atoms with van der Waals surface area (Å²) < 4.78 is 2.58. The molecule has 1 atom stereocenters. The zero-order chi connectivity index (χ0) is 19.8. The minimum atomic E-state index is 0.582. The normalized spacial score (nSPS) is 19.4. The molecule has 2 aromatic rings. The van der Waals surface area contributed by atoms with E-state index in [9.17, 15) is 0 Å². The molecule has 2 aromatic carbocycles. The molecular weight excluding hydrogens is 484 g/mol. The summed E-state index contributed by atoms with van der Waals surface area (Å²) in [5.74, 6) is 0.582. The second-order valence-corrected chi connectivity index (χ2v) is 10.8. The summed E-state index contributed by atoms with van der Waals surface area (Å²) >= 11 is 7.47. The molecule has 5 rings (SSSR count). The van der Waals surface area contributed by atoms with Crippen molar-refractivity contribution in [3.05, 3.63) is 84.8 Å². The molecule has 0 fully saturated rings. The van der Waals surface area contributed by atoms with E-state index in [0.29, 0.717) is 5.92 Å². The molecule has 0 aromatic heterocycles. The SMILES string of the molecule is BrC1=CC2=C(CC1)c1ccc(Br)cc1C2CCCCCCc1ccc2c(c1)CC2. The molecule has 0 nitrogen and oxygen atoms in total. The molecule has 0 N–H and O–H groups in total. The van der Waals surface area contributed by atoms with E-state index in [1.165, 1.54) is 72.3 Å². The van der Waals surface area contributed by atoms with Crippen molar-refractivity contribution in [2.75, 3.05) is 0 Å².